The summed E-state index contributed by atoms with van der Waals surface area (Å²) >= 11 is 0. The van der Waals surface area contributed by atoms with Gasteiger partial charge in [0.1, 0.15) is 0 Å². The largest absolute Gasteiger partial charge is 0.478 e. The summed E-state index contributed by atoms with van der Waals surface area (Å²) in [4.78, 5) is 4.53. The first-order valence-corrected chi connectivity index (χ1v) is 7.41. The lowest BCUT2D eigenvalue weighted by molar-refractivity contribution is 0.236. The third-order valence-electron chi connectivity index (χ3n) is 3.08. The van der Waals surface area contributed by atoms with Gasteiger partial charge in [0.15, 0.2) is 0 Å². The van der Waals surface area contributed by atoms with Gasteiger partial charge in [0.05, 0.1) is 6.61 Å². The van der Waals surface area contributed by atoms with Gasteiger partial charge in [0.2, 0.25) is 5.88 Å². The van der Waals surface area contributed by atoms with Gasteiger partial charge in [0, 0.05) is 23.8 Å². The summed E-state index contributed by atoms with van der Waals surface area (Å²) in [6.07, 6.45) is 1.03. The Hall–Kier alpha value is -1.09. The minimum absolute atomic E-state index is 0.119. The average molecular weight is 278 g/mol. The van der Waals surface area contributed by atoms with Gasteiger partial charge < -0.3 is 10.1 Å². The van der Waals surface area contributed by atoms with Crippen molar-refractivity contribution in [2.45, 2.75) is 67.0 Å². The van der Waals surface area contributed by atoms with Gasteiger partial charge in [-0.3, -0.25) is 0 Å². The van der Waals surface area contributed by atoms with Crippen LogP contribution in [0.1, 0.15) is 59.2 Å². The molecular weight excluding hydrogens is 248 g/mol. The number of hydrogen-bond acceptors (Lipinski definition) is 3. The molecule has 0 unspecified atom stereocenters. The third kappa shape index (κ3) is 6.90. The molecule has 0 amide bonds. The van der Waals surface area contributed by atoms with E-state index in [9.17, 15) is 0 Å². The van der Waals surface area contributed by atoms with E-state index in [1.54, 1.807) is 0 Å². The summed E-state index contributed by atoms with van der Waals surface area (Å²) in [5, 5.41) is 3.48. The molecule has 114 valence electrons. The fourth-order valence-corrected chi connectivity index (χ4v) is 1.66. The number of rotatable bonds is 5. The summed E-state index contributed by atoms with van der Waals surface area (Å²) in [5.74, 6) is 0.728. The molecule has 3 heteroatoms. The quantitative estimate of drug-likeness (QED) is 0.880. The topological polar surface area (TPSA) is 34.1 Å². The van der Waals surface area contributed by atoms with Crippen LogP contribution in [0.25, 0.3) is 0 Å². The first-order chi connectivity index (χ1) is 9.07. The van der Waals surface area contributed by atoms with E-state index in [0.29, 0.717) is 5.41 Å². The Morgan fingerprint density at radius 1 is 1.10 bits per heavy atom. The number of hydrogen-bond donors (Lipinski definition) is 1. The Morgan fingerprint density at radius 3 is 2.25 bits per heavy atom. The van der Waals surface area contributed by atoms with Crippen LogP contribution in [0.15, 0.2) is 12.1 Å². The van der Waals surface area contributed by atoms with Crippen molar-refractivity contribution >= 4 is 0 Å². The fourth-order valence-electron chi connectivity index (χ4n) is 1.66. The highest BCUT2D eigenvalue weighted by Crippen LogP contribution is 2.19. The SMILES string of the molecule is Cc1nc(OCCC(C)(C)C)ccc1CNC(C)(C)C. The Labute approximate surface area is 124 Å². The number of aryl methyl sites for hydroxylation is 1. The Kier molecular flexibility index (Phi) is 5.58. The molecule has 0 bridgehead atoms. The first-order valence-electron chi connectivity index (χ1n) is 7.41. The maximum atomic E-state index is 5.73. The van der Waals surface area contributed by atoms with E-state index < -0.39 is 0 Å². The second-order valence-electron chi connectivity index (χ2n) is 7.66. The molecule has 0 aliphatic rings. The van der Waals surface area contributed by atoms with E-state index in [2.05, 4.69) is 57.9 Å². The third-order valence-corrected chi connectivity index (χ3v) is 3.08. The zero-order valence-electron chi connectivity index (χ0n) is 14.1. The molecule has 0 saturated heterocycles. The van der Waals surface area contributed by atoms with E-state index in [1.165, 1.54) is 5.56 Å². The predicted molar refractivity (Wildman–Crippen MR) is 85.1 cm³/mol. The Bertz CT molecular complexity index is 428. The van der Waals surface area contributed by atoms with E-state index >= 15 is 0 Å². The van der Waals surface area contributed by atoms with Crippen LogP contribution in [0.2, 0.25) is 0 Å². The molecule has 1 rings (SSSR count). The molecule has 1 aromatic rings. The van der Waals surface area contributed by atoms with Gasteiger partial charge in [-0.25, -0.2) is 4.98 Å². The maximum Gasteiger partial charge on any atom is 0.213 e. The first kappa shape index (κ1) is 17.0. The highest BCUT2D eigenvalue weighted by atomic mass is 16.5. The zero-order chi connectivity index (χ0) is 15.4. The summed E-state index contributed by atoms with van der Waals surface area (Å²) in [6.45, 7) is 16.7. The average Bonchev–Trinajstić information content (AvgIpc) is 2.24. The number of nitrogens with zero attached hydrogens (tertiary/aromatic N) is 1. The zero-order valence-corrected chi connectivity index (χ0v) is 14.1. The van der Waals surface area contributed by atoms with Crippen LogP contribution in [-0.4, -0.2) is 17.1 Å². The standard InChI is InChI=1S/C17H30N2O/c1-13-14(12-18-17(5,6)7)8-9-15(19-13)20-11-10-16(2,3)4/h8-9,18H,10-12H2,1-7H3. The Balaban J connectivity index is 2.55. The number of nitrogens with one attached hydrogen (secondary N) is 1. The van der Waals surface area contributed by atoms with Crippen LogP contribution in [0.5, 0.6) is 5.88 Å². The lowest BCUT2D eigenvalue weighted by atomic mass is 9.93. The molecule has 0 aliphatic carbocycles. The van der Waals surface area contributed by atoms with Crippen molar-refractivity contribution in [3.63, 3.8) is 0 Å². The molecule has 1 N–H and O–H groups in total. The normalized spacial score (nSPS) is 12.6. The van der Waals surface area contributed by atoms with Crippen molar-refractivity contribution in [2.75, 3.05) is 6.61 Å². The van der Waals surface area contributed by atoms with Crippen LogP contribution in [0.3, 0.4) is 0 Å². The molecule has 3 nitrogen and oxygen atoms in total. The highest BCUT2D eigenvalue weighted by molar-refractivity contribution is 5.25. The number of aromatic nitrogens is 1. The molecule has 0 fully saturated rings. The smallest absolute Gasteiger partial charge is 0.213 e. The van der Waals surface area contributed by atoms with Gasteiger partial charge in [-0.15, -0.1) is 0 Å². The van der Waals surface area contributed by atoms with E-state index in [-0.39, 0.29) is 5.54 Å². The number of ether oxygens (including phenoxy) is 1. The lowest BCUT2D eigenvalue weighted by Gasteiger charge is -2.21. The van der Waals surface area contributed by atoms with Crippen LogP contribution in [-0.2, 0) is 6.54 Å². The van der Waals surface area contributed by atoms with E-state index in [4.69, 9.17) is 4.74 Å². The minimum atomic E-state index is 0.119. The van der Waals surface area contributed by atoms with Gasteiger partial charge in [-0.2, -0.15) is 0 Å². The van der Waals surface area contributed by atoms with Gasteiger partial charge in [-0.1, -0.05) is 26.8 Å². The summed E-state index contributed by atoms with van der Waals surface area (Å²) in [7, 11) is 0. The summed E-state index contributed by atoms with van der Waals surface area (Å²) < 4.78 is 5.73. The summed E-state index contributed by atoms with van der Waals surface area (Å²) in [6, 6.07) is 4.07. The molecule has 1 heterocycles. The van der Waals surface area contributed by atoms with Crippen LogP contribution in [0, 0.1) is 12.3 Å². The second-order valence-corrected chi connectivity index (χ2v) is 7.66. The van der Waals surface area contributed by atoms with Gasteiger partial charge >= 0.3 is 0 Å². The minimum Gasteiger partial charge on any atom is -0.478 e. The van der Waals surface area contributed by atoms with Crippen molar-refractivity contribution in [2.24, 2.45) is 5.41 Å². The second kappa shape index (κ2) is 6.57. The van der Waals surface area contributed by atoms with E-state index in [1.807, 2.05) is 13.0 Å². The Morgan fingerprint density at radius 2 is 1.75 bits per heavy atom. The van der Waals surface area contributed by atoms with Crippen molar-refractivity contribution in [3.8, 4) is 5.88 Å². The molecule has 0 aliphatic heterocycles. The van der Waals surface area contributed by atoms with Crippen LogP contribution < -0.4 is 10.1 Å². The highest BCUT2D eigenvalue weighted by Gasteiger charge is 2.12. The van der Waals surface area contributed by atoms with Gasteiger partial charge in [0.25, 0.3) is 0 Å². The maximum absolute atomic E-state index is 5.73. The molecule has 0 atom stereocenters. The predicted octanol–water partition coefficient (Wildman–Crippen LogP) is 4.09. The van der Waals surface area contributed by atoms with Gasteiger partial charge in [-0.05, 0) is 45.1 Å². The molecular formula is C17H30N2O. The van der Waals surface area contributed by atoms with E-state index in [0.717, 1.165) is 31.1 Å². The molecule has 0 aromatic carbocycles. The van der Waals surface area contributed by atoms with Crippen molar-refractivity contribution < 1.29 is 4.74 Å². The fraction of sp³-hybridized carbons (Fsp3) is 0.706. The van der Waals surface area contributed by atoms with Crippen molar-refractivity contribution in [1.82, 2.24) is 10.3 Å². The lowest BCUT2D eigenvalue weighted by Crippen LogP contribution is -2.35. The molecule has 0 saturated carbocycles. The number of pyridine rings is 1. The molecule has 20 heavy (non-hydrogen) atoms. The van der Waals surface area contributed by atoms with Crippen molar-refractivity contribution in [3.05, 3.63) is 23.4 Å². The monoisotopic (exact) mass is 278 g/mol. The summed E-state index contributed by atoms with van der Waals surface area (Å²) in [5.41, 5.74) is 2.68. The molecule has 0 radical (unpaired) electrons. The van der Waals surface area contributed by atoms with Crippen molar-refractivity contribution in [1.29, 1.82) is 0 Å². The molecule has 0 spiro atoms. The van der Waals surface area contributed by atoms with Crippen LogP contribution >= 0.6 is 0 Å². The molecule has 1 aromatic heterocycles. The van der Waals surface area contributed by atoms with Crippen LogP contribution in [0.4, 0.5) is 0 Å².